The van der Waals surface area contributed by atoms with Gasteiger partial charge in [0.2, 0.25) is 0 Å². The van der Waals surface area contributed by atoms with Gasteiger partial charge >= 0.3 is 0 Å². The van der Waals surface area contributed by atoms with Crippen LogP contribution < -0.4 is 5.32 Å². The minimum Gasteiger partial charge on any atom is -0.336 e. The van der Waals surface area contributed by atoms with E-state index in [4.69, 9.17) is 0 Å². The van der Waals surface area contributed by atoms with Crippen LogP contribution in [0.5, 0.6) is 0 Å². The molecule has 2 N–H and O–H groups in total. The lowest BCUT2D eigenvalue weighted by Gasteiger charge is -2.09. The Morgan fingerprint density at radius 2 is 1.93 bits per heavy atom. The Kier molecular flexibility index (Phi) is 3.54. The summed E-state index contributed by atoms with van der Waals surface area (Å²) in [5.74, 6) is 0. The van der Waals surface area contributed by atoms with E-state index in [1.165, 1.54) is 10.4 Å². The maximum Gasteiger partial charge on any atom is 0.111 e. The monoisotopic (exact) mass is 218 g/mol. The van der Waals surface area contributed by atoms with Crippen LogP contribution in [0.4, 0.5) is 0 Å². The van der Waals surface area contributed by atoms with E-state index >= 15 is 0 Å². The van der Waals surface area contributed by atoms with Gasteiger partial charge in [-0.15, -0.1) is 11.3 Å². The standard InChI is InChI=1S/C13H15NS/c1-11(12-6-3-2-4-7-12)14-10-13-8-5-9-15-13/h2-9,11,14H,10H2,1H3/p+1/t11-/m0/s1. The molecule has 2 aromatic rings. The van der Waals surface area contributed by atoms with E-state index < -0.39 is 0 Å². The van der Waals surface area contributed by atoms with E-state index in [0.29, 0.717) is 6.04 Å². The van der Waals surface area contributed by atoms with Crippen LogP contribution in [0, 0.1) is 0 Å². The SMILES string of the molecule is C[C@H]([NH2+]Cc1cccs1)c1ccccc1. The minimum absolute atomic E-state index is 0.535. The number of benzene rings is 1. The highest BCUT2D eigenvalue weighted by Gasteiger charge is 2.07. The quantitative estimate of drug-likeness (QED) is 0.812. The lowest BCUT2D eigenvalue weighted by molar-refractivity contribution is -0.707. The molecule has 15 heavy (non-hydrogen) atoms. The average Bonchev–Trinajstić information content (AvgIpc) is 2.80. The van der Waals surface area contributed by atoms with Gasteiger partial charge in [-0.05, 0) is 18.4 Å². The van der Waals surface area contributed by atoms with Crippen LogP contribution in [0.15, 0.2) is 47.8 Å². The summed E-state index contributed by atoms with van der Waals surface area (Å²) < 4.78 is 0. The highest BCUT2D eigenvalue weighted by atomic mass is 32.1. The van der Waals surface area contributed by atoms with Crippen molar-refractivity contribution >= 4 is 11.3 Å². The summed E-state index contributed by atoms with van der Waals surface area (Å²) >= 11 is 1.83. The molecule has 0 radical (unpaired) electrons. The van der Waals surface area contributed by atoms with Crippen molar-refractivity contribution < 1.29 is 5.32 Å². The Morgan fingerprint density at radius 1 is 1.13 bits per heavy atom. The highest BCUT2D eigenvalue weighted by Crippen LogP contribution is 2.09. The zero-order valence-corrected chi connectivity index (χ0v) is 9.71. The fourth-order valence-electron chi connectivity index (χ4n) is 1.61. The van der Waals surface area contributed by atoms with Crippen LogP contribution in [0.2, 0.25) is 0 Å². The Hall–Kier alpha value is -1.12. The first-order chi connectivity index (χ1) is 7.36. The summed E-state index contributed by atoms with van der Waals surface area (Å²) in [4.78, 5) is 1.44. The van der Waals surface area contributed by atoms with Crippen LogP contribution in [0.25, 0.3) is 0 Å². The first-order valence-electron chi connectivity index (χ1n) is 5.27. The smallest absolute Gasteiger partial charge is 0.111 e. The van der Waals surface area contributed by atoms with Crippen LogP contribution in [-0.2, 0) is 6.54 Å². The molecular formula is C13H16NS+. The van der Waals surface area contributed by atoms with Gasteiger partial charge in [0.25, 0.3) is 0 Å². The van der Waals surface area contributed by atoms with Crippen molar-refractivity contribution in [2.24, 2.45) is 0 Å². The molecule has 0 saturated carbocycles. The molecule has 0 aliphatic heterocycles. The number of nitrogens with two attached hydrogens (primary N) is 1. The lowest BCUT2D eigenvalue weighted by atomic mass is 10.1. The van der Waals surface area contributed by atoms with Crippen LogP contribution >= 0.6 is 11.3 Å². The average molecular weight is 218 g/mol. The molecule has 0 aliphatic carbocycles. The second kappa shape index (κ2) is 5.10. The molecule has 2 heteroatoms. The second-order valence-corrected chi connectivity index (χ2v) is 4.75. The highest BCUT2D eigenvalue weighted by molar-refractivity contribution is 7.09. The molecule has 1 heterocycles. The maximum absolute atomic E-state index is 2.38. The van der Waals surface area contributed by atoms with Gasteiger partial charge in [-0.2, -0.15) is 0 Å². The largest absolute Gasteiger partial charge is 0.336 e. The van der Waals surface area contributed by atoms with Gasteiger partial charge in [-0.25, -0.2) is 0 Å². The van der Waals surface area contributed by atoms with Crippen molar-refractivity contribution in [1.29, 1.82) is 0 Å². The summed E-state index contributed by atoms with van der Waals surface area (Å²) in [7, 11) is 0. The minimum atomic E-state index is 0.535. The molecule has 0 unspecified atom stereocenters. The van der Waals surface area contributed by atoms with Gasteiger partial charge in [0.05, 0.1) is 4.88 Å². The van der Waals surface area contributed by atoms with E-state index in [2.05, 4.69) is 60.1 Å². The molecule has 1 aromatic carbocycles. The van der Waals surface area contributed by atoms with Crippen LogP contribution in [-0.4, -0.2) is 0 Å². The van der Waals surface area contributed by atoms with Gasteiger partial charge in [0.15, 0.2) is 0 Å². The topological polar surface area (TPSA) is 16.6 Å². The fourth-order valence-corrected chi connectivity index (χ4v) is 2.30. The fraction of sp³-hybridized carbons (Fsp3) is 0.231. The van der Waals surface area contributed by atoms with Gasteiger partial charge in [0, 0.05) is 5.56 Å². The van der Waals surface area contributed by atoms with Gasteiger partial charge in [-0.1, -0.05) is 36.4 Å². The van der Waals surface area contributed by atoms with Crippen LogP contribution in [0.3, 0.4) is 0 Å². The molecule has 1 nitrogen and oxygen atoms in total. The Labute approximate surface area is 94.8 Å². The van der Waals surface area contributed by atoms with Crippen molar-refractivity contribution in [2.45, 2.75) is 19.5 Å². The number of rotatable bonds is 4. The Morgan fingerprint density at radius 3 is 2.60 bits per heavy atom. The molecule has 0 saturated heterocycles. The predicted molar refractivity (Wildman–Crippen MR) is 64.8 cm³/mol. The number of quaternary nitrogens is 1. The third-order valence-electron chi connectivity index (χ3n) is 2.58. The molecule has 2 rings (SSSR count). The van der Waals surface area contributed by atoms with E-state index in [1.807, 2.05) is 11.3 Å². The van der Waals surface area contributed by atoms with E-state index in [0.717, 1.165) is 6.54 Å². The molecule has 1 aromatic heterocycles. The summed E-state index contributed by atoms with van der Waals surface area (Å²) in [5, 5.41) is 4.51. The van der Waals surface area contributed by atoms with Crippen molar-refractivity contribution in [3.8, 4) is 0 Å². The van der Waals surface area contributed by atoms with Gasteiger partial charge in [-0.3, -0.25) is 0 Å². The van der Waals surface area contributed by atoms with E-state index in [9.17, 15) is 0 Å². The van der Waals surface area contributed by atoms with Crippen LogP contribution in [0.1, 0.15) is 23.4 Å². The van der Waals surface area contributed by atoms with E-state index in [1.54, 1.807) is 0 Å². The molecular weight excluding hydrogens is 202 g/mol. The Bertz CT molecular complexity index is 380. The molecule has 78 valence electrons. The zero-order valence-electron chi connectivity index (χ0n) is 8.89. The first-order valence-corrected chi connectivity index (χ1v) is 6.15. The molecule has 0 spiro atoms. The van der Waals surface area contributed by atoms with Crippen molar-refractivity contribution in [3.05, 3.63) is 58.3 Å². The number of hydrogen-bond donors (Lipinski definition) is 1. The lowest BCUT2D eigenvalue weighted by Crippen LogP contribution is -2.82. The molecule has 0 amide bonds. The maximum atomic E-state index is 2.38. The van der Waals surface area contributed by atoms with Crippen molar-refractivity contribution in [1.82, 2.24) is 0 Å². The van der Waals surface area contributed by atoms with Crippen molar-refractivity contribution in [2.75, 3.05) is 0 Å². The third-order valence-corrected chi connectivity index (χ3v) is 3.48. The normalized spacial score (nSPS) is 12.6. The Balaban J connectivity index is 1.90. The van der Waals surface area contributed by atoms with E-state index in [-0.39, 0.29) is 0 Å². The number of thiophene rings is 1. The molecule has 0 aliphatic rings. The summed E-state index contributed by atoms with van der Waals surface area (Å²) in [6.45, 7) is 3.33. The molecule has 1 atom stereocenters. The van der Waals surface area contributed by atoms with Gasteiger partial charge in [0.1, 0.15) is 12.6 Å². The first kappa shape index (κ1) is 10.4. The second-order valence-electron chi connectivity index (χ2n) is 3.72. The zero-order chi connectivity index (χ0) is 10.5. The molecule has 0 fully saturated rings. The van der Waals surface area contributed by atoms with Gasteiger partial charge < -0.3 is 5.32 Å². The molecule has 0 bridgehead atoms. The summed E-state index contributed by atoms with van der Waals surface area (Å²) in [6, 6.07) is 15.5. The summed E-state index contributed by atoms with van der Waals surface area (Å²) in [6.07, 6.45) is 0. The van der Waals surface area contributed by atoms with Crippen molar-refractivity contribution in [3.63, 3.8) is 0 Å². The summed E-state index contributed by atoms with van der Waals surface area (Å²) in [5.41, 5.74) is 1.40. The number of hydrogen-bond acceptors (Lipinski definition) is 1. The predicted octanol–water partition coefficient (Wildman–Crippen LogP) is 2.57. The third kappa shape index (κ3) is 2.91.